The van der Waals surface area contributed by atoms with E-state index in [0.717, 1.165) is 25.7 Å². The van der Waals surface area contributed by atoms with E-state index in [2.05, 4.69) is 34.6 Å². The van der Waals surface area contributed by atoms with Crippen molar-refractivity contribution in [3.63, 3.8) is 0 Å². The SMILES string of the molecule is CC(C)[C@H](C)[C@@H](O)[C@H](O)[C@@H](C)[C@@H]1CC[C@H]2[C@H]3COC(=O)[C@H]4C[C@@H](O)[C@@H](O)C[C@]4(C)[C@@H]3CC[C@]12C. The monoisotopic (exact) mass is 480 g/mol. The van der Waals surface area contributed by atoms with E-state index in [1.165, 1.54) is 0 Å². The summed E-state index contributed by atoms with van der Waals surface area (Å²) in [7, 11) is 0. The first-order chi connectivity index (χ1) is 15.8. The van der Waals surface area contributed by atoms with Crippen molar-refractivity contribution in [2.24, 2.45) is 58.2 Å². The number of esters is 1. The molecule has 4 N–H and O–H groups in total. The van der Waals surface area contributed by atoms with Crippen LogP contribution in [-0.2, 0) is 9.53 Å². The largest absolute Gasteiger partial charge is 0.465 e. The van der Waals surface area contributed by atoms with Gasteiger partial charge in [0.05, 0.1) is 36.9 Å². The number of fused-ring (bicyclic) bond motifs is 5. The minimum atomic E-state index is -0.867. The van der Waals surface area contributed by atoms with Crippen LogP contribution >= 0.6 is 0 Å². The highest BCUT2D eigenvalue weighted by molar-refractivity contribution is 5.74. The molecule has 4 rings (SSSR count). The first-order valence-corrected chi connectivity index (χ1v) is 13.7. The van der Waals surface area contributed by atoms with E-state index in [1.807, 2.05) is 6.92 Å². The van der Waals surface area contributed by atoms with E-state index in [4.69, 9.17) is 4.74 Å². The lowest BCUT2D eigenvalue weighted by molar-refractivity contribution is -0.162. The number of carbonyl (C=O) groups excluding carboxylic acids is 1. The maximum Gasteiger partial charge on any atom is 0.309 e. The summed E-state index contributed by atoms with van der Waals surface area (Å²) in [5, 5.41) is 42.9. The van der Waals surface area contributed by atoms with E-state index in [9.17, 15) is 25.2 Å². The van der Waals surface area contributed by atoms with Crippen LogP contribution in [0.5, 0.6) is 0 Å². The molecule has 0 aromatic heterocycles. The van der Waals surface area contributed by atoms with E-state index in [0.29, 0.717) is 30.8 Å². The van der Waals surface area contributed by atoms with Crippen LogP contribution in [0.15, 0.2) is 0 Å². The maximum absolute atomic E-state index is 13.0. The molecule has 3 saturated carbocycles. The van der Waals surface area contributed by atoms with Crippen LogP contribution in [0.3, 0.4) is 0 Å². The molecular weight excluding hydrogens is 432 g/mol. The maximum atomic E-state index is 13.0. The Morgan fingerprint density at radius 1 is 0.912 bits per heavy atom. The molecule has 34 heavy (non-hydrogen) atoms. The first kappa shape index (κ1) is 26.4. The smallest absolute Gasteiger partial charge is 0.309 e. The Kier molecular flexibility index (Phi) is 7.23. The number of ether oxygens (including phenoxy) is 1. The molecule has 4 aliphatic rings. The van der Waals surface area contributed by atoms with Gasteiger partial charge in [-0.2, -0.15) is 0 Å². The Hall–Kier alpha value is -0.690. The number of cyclic esters (lactones) is 1. The second kappa shape index (κ2) is 9.32. The van der Waals surface area contributed by atoms with E-state index in [1.54, 1.807) is 0 Å². The predicted molar refractivity (Wildman–Crippen MR) is 130 cm³/mol. The van der Waals surface area contributed by atoms with Gasteiger partial charge in [0, 0.05) is 0 Å². The van der Waals surface area contributed by atoms with Gasteiger partial charge in [-0.05, 0) is 90.8 Å². The lowest BCUT2D eigenvalue weighted by Gasteiger charge is -2.56. The Balaban J connectivity index is 1.58. The predicted octanol–water partition coefficient (Wildman–Crippen LogP) is 3.39. The molecule has 0 aromatic rings. The third-order valence-electron chi connectivity index (χ3n) is 11.5. The Bertz CT molecular complexity index is 755. The van der Waals surface area contributed by atoms with Gasteiger partial charge in [-0.1, -0.05) is 41.5 Å². The molecule has 0 amide bonds. The van der Waals surface area contributed by atoms with Crippen LogP contribution < -0.4 is 0 Å². The summed E-state index contributed by atoms with van der Waals surface area (Å²) in [5.41, 5.74) is -0.345. The van der Waals surface area contributed by atoms with Gasteiger partial charge in [0.25, 0.3) is 0 Å². The number of hydrogen-bond donors (Lipinski definition) is 4. The molecule has 13 atom stereocenters. The van der Waals surface area contributed by atoms with Gasteiger partial charge in [0.1, 0.15) is 0 Å². The molecule has 1 heterocycles. The van der Waals surface area contributed by atoms with Crippen molar-refractivity contribution in [1.29, 1.82) is 0 Å². The molecular formula is C28H48O6. The highest BCUT2D eigenvalue weighted by Gasteiger charge is 2.63. The Morgan fingerprint density at radius 3 is 2.21 bits per heavy atom. The van der Waals surface area contributed by atoms with Gasteiger partial charge in [-0.15, -0.1) is 0 Å². The number of rotatable bonds is 5. The van der Waals surface area contributed by atoms with Gasteiger partial charge in [-0.25, -0.2) is 0 Å². The quantitative estimate of drug-likeness (QED) is 0.450. The van der Waals surface area contributed by atoms with Gasteiger partial charge >= 0.3 is 5.97 Å². The normalized spacial score (nSPS) is 48.1. The standard InChI is InChI=1S/C28H48O6/c1-14(2)15(3)24(31)25(32)16(4)18-7-8-19-17-13-34-26(33)21-11-22(29)23(30)12-28(21,6)20(17)9-10-27(18,19)5/h14-25,29-32H,7-13H2,1-6H3/t15-,16-,17+,18-,19-,20+,21+,22+,23-,24+,25+,27+,28+/m0/s1. The molecule has 0 radical (unpaired) electrons. The zero-order chi connectivity index (χ0) is 25.2. The molecule has 6 heteroatoms. The lowest BCUT2D eigenvalue weighted by atomic mass is 9.48. The van der Waals surface area contributed by atoms with Crippen LogP contribution in [0.1, 0.15) is 80.1 Å². The molecule has 3 aliphatic carbocycles. The lowest BCUT2D eigenvalue weighted by Crippen LogP contribution is -2.55. The summed E-state index contributed by atoms with van der Waals surface area (Å²) in [6, 6.07) is 0. The summed E-state index contributed by atoms with van der Waals surface area (Å²) in [6.07, 6.45) is 1.61. The van der Waals surface area contributed by atoms with E-state index in [-0.39, 0.29) is 52.8 Å². The van der Waals surface area contributed by atoms with Crippen molar-refractivity contribution in [3.8, 4) is 0 Å². The molecule has 0 bridgehead atoms. The number of aliphatic hydroxyl groups is 4. The van der Waals surface area contributed by atoms with Crippen molar-refractivity contribution < 1.29 is 30.0 Å². The second-order valence-electron chi connectivity index (χ2n) is 13.3. The Morgan fingerprint density at radius 2 is 1.56 bits per heavy atom. The summed E-state index contributed by atoms with van der Waals surface area (Å²) >= 11 is 0. The van der Waals surface area contributed by atoms with Crippen LogP contribution in [0.25, 0.3) is 0 Å². The molecule has 0 aromatic carbocycles. The van der Waals surface area contributed by atoms with Crippen molar-refractivity contribution >= 4 is 5.97 Å². The van der Waals surface area contributed by atoms with Crippen LogP contribution in [0.2, 0.25) is 0 Å². The zero-order valence-electron chi connectivity index (χ0n) is 22.0. The highest BCUT2D eigenvalue weighted by atomic mass is 16.5. The van der Waals surface area contributed by atoms with E-state index >= 15 is 0 Å². The summed E-state index contributed by atoms with van der Waals surface area (Å²) in [5.74, 6) is 0.948. The number of aliphatic hydroxyl groups excluding tert-OH is 4. The molecule has 6 nitrogen and oxygen atoms in total. The van der Waals surface area contributed by atoms with Gasteiger partial charge < -0.3 is 25.2 Å². The van der Waals surface area contributed by atoms with Crippen molar-refractivity contribution in [2.45, 2.75) is 104 Å². The third kappa shape index (κ3) is 4.05. The van der Waals surface area contributed by atoms with Crippen LogP contribution in [-0.4, -0.2) is 57.4 Å². The average molecular weight is 481 g/mol. The summed E-state index contributed by atoms with van der Waals surface area (Å²) < 4.78 is 5.86. The van der Waals surface area contributed by atoms with E-state index < -0.39 is 24.4 Å². The van der Waals surface area contributed by atoms with Crippen LogP contribution in [0, 0.1) is 58.2 Å². The summed E-state index contributed by atoms with van der Waals surface area (Å²) in [6.45, 7) is 13.2. The van der Waals surface area contributed by atoms with Crippen molar-refractivity contribution in [2.75, 3.05) is 6.61 Å². The molecule has 0 unspecified atom stereocenters. The van der Waals surface area contributed by atoms with Crippen LogP contribution in [0.4, 0.5) is 0 Å². The van der Waals surface area contributed by atoms with Gasteiger partial charge in [0.15, 0.2) is 0 Å². The highest BCUT2D eigenvalue weighted by Crippen LogP contribution is 2.66. The Labute approximate surface area is 205 Å². The second-order valence-corrected chi connectivity index (χ2v) is 13.3. The van der Waals surface area contributed by atoms with Crippen molar-refractivity contribution in [3.05, 3.63) is 0 Å². The average Bonchev–Trinajstić information content (AvgIpc) is 3.09. The molecule has 0 spiro atoms. The van der Waals surface area contributed by atoms with Crippen molar-refractivity contribution in [1.82, 2.24) is 0 Å². The fraction of sp³-hybridized carbons (Fsp3) is 0.964. The zero-order valence-corrected chi connectivity index (χ0v) is 22.0. The summed E-state index contributed by atoms with van der Waals surface area (Å²) in [4.78, 5) is 13.0. The fourth-order valence-electron chi connectivity index (χ4n) is 8.95. The third-order valence-corrected chi connectivity index (χ3v) is 11.5. The molecule has 1 aliphatic heterocycles. The number of carbonyl (C=O) groups is 1. The molecule has 196 valence electrons. The fourth-order valence-corrected chi connectivity index (χ4v) is 8.95. The molecule has 1 saturated heterocycles. The first-order valence-electron chi connectivity index (χ1n) is 13.7. The number of hydrogen-bond acceptors (Lipinski definition) is 6. The van der Waals surface area contributed by atoms with Gasteiger partial charge in [-0.3, -0.25) is 4.79 Å². The topological polar surface area (TPSA) is 107 Å². The molecule has 4 fully saturated rings. The van der Waals surface area contributed by atoms with Gasteiger partial charge in [0.2, 0.25) is 0 Å². The minimum Gasteiger partial charge on any atom is -0.465 e. The minimum absolute atomic E-state index is 0.00827.